The minimum Gasteiger partial charge on any atom is -0.481 e. The molecule has 2 heterocycles. The molecule has 128 valence electrons. The van der Waals surface area contributed by atoms with Crippen molar-refractivity contribution in [1.29, 1.82) is 0 Å². The summed E-state index contributed by atoms with van der Waals surface area (Å²) in [7, 11) is 0. The number of likely N-dealkylation sites (tertiary alicyclic amines) is 1. The minimum absolute atomic E-state index is 0.0152. The summed E-state index contributed by atoms with van der Waals surface area (Å²) in [6, 6.07) is 0. The fraction of sp³-hybridized carbons (Fsp3) is 0.733. The number of ether oxygens (including phenoxy) is 1. The number of carbonyl (C=O) groups is 2. The first-order chi connectivity index (χ1) is 10.7. The van der Waals surface area contributed by atoms with Crippen molar-refractivity contribution in [2.45, 2.75) is 58.0 Å². The van der Waals surface area contributed by atoms with E-state index in [9.17, 15) is 9.59 Å². The van der Waals surface area contributed by atoms with Crippen LogP contribution in [0.15, 0.2) is 4.52 Å². The summed E-state index contributed by atoms with van der Waals surface area (Å²) in [6.07, 6.45) is 1.53. The monoisotopic (exact) mass is 325 g/mol. The Hall–Kier alpha value is -2.12. The number of nitrogens with zero attached hydrogens (tertiary/aromatic N) is 3. The number of hydrogen-bond acceptors (Lipinski definition) is 6. The highest BCUT2D eigenvalue weighted by molar-refractivity contribution is 5.68. The zero-order valence-electron chi connectivity index (χ0n) is 13.7. The number of carbonyl (C=O) groups excluding carboxylic acids is 1. The Morgan fingerprint density at radius 1 is 1.43 bits per heavy atom. The number of hydrogen-bond donors (Lipinski definition) is 1. The molecule has 0 radical (unpaired) electrons. The lowest BCUT2D eigenvalue weighted by Crippen LogP contribution is -2.42. The third kappa shape index (κ3) is 5.22. The maximum Gasteiger partial charge on any atom is 0.410 e. The van der Waals surface area contributed by atoms with E-state index in [0.717, 1.165) is 12.8 Å². The average molecular weight is 325 g/mol. The van der Waals surface area contributed by atoms with E-state index >= 15 is 0 Å². The molecule has 1 aliphatic rings. The van der Waals surface area contributed by atoms with Crippen LogP contribution in [-0.4, -0.2) is 50.9 Å². The lowest BCUT2D eigenvalue weighted by molar-refractivity contribution is -0.137. The number of aromatic nitrogens is 2. The molecule has 23 heavy (non-hydrogen) atoms. The van der Waals surface area contributed by atoms with Crippen molar-refractivity contribution in [3.8, 4) is 0 Å². The molecule has 0 bridgehead atoms. The lowest BCUT2D eigenvalue weighted by Gasteiger charge is -2.32. The van der Waals surface area contributed by atoms with Gasteiger partial charge < -0.3 is 19.3 Å². The first-order valence-corrected chi connectivity index (χ1v) is 7.77. The highest BCUT2D eigenvalue weighted by Gasteiger charge is 2.30. The molecular weight excluding hydrogens is 302 g/mol. The molecule has 2 rings (SSSR count). The second-order valence-electron chi connectivity index (χ2n) is 6.71. The predicted octanol–water partition coefficient (Wildman–Crippen LogP) is 2.20. The smallest absolute Gasteiger partial charge is 0.410 e. The minimum atomic E-state index is -0.904. The van der Waals surface area contributed by atoms with Crippen LogP contribution in [0, 0.1) is 0 Å². The normalized spacial score (nSPS) is 18.7. The first kappa shape index (κ1) is 17.2. The average Bonchev–Trinajstić information content (AvgIpc) is 2.92. The van der Waals surface area contributed by atoms with Crippen molar-refractivity contribution in [1.82, 2.24) is 15.0 Å². The molecule has 1 aliphatic heterocycles. The van der Waals surface area contributed by atoms with Gasteiger partial charge in [-0.05, 0) is 33.6 Å². The van der Waals surface area contributed by atoms with Crippen LogP contribution in [0.3, 0.4) is 0 Å². The SMILES string of the molecule is CC(C)(C)OC(=O)N1CCCC(c2noc(CCC(=O)O)n2)C1. The fourth-order valence-corrected chi connectivity index (χ4v) is 2.43. The third-order valence-corrected chi connectivity index (χ3v) is 3.47. The van der Waals surface area contributed by atoms with Crippen molar-refractivity contribution in [3.05, 3.63) is 11.7 Å². The summed E-state index contributed by atoms with van der Waals surface area (Å²) in [4.78, 5) is 28.6. The number of aryl methyl sites for hydroxylation is 1. The van der Waals surface area contributed by atoms with Gasteiger partial charge in [0.15, 0.2) is 5.82 Å². The van der Waals surface area contributed by atoms with E-state index < -0.39 is 11.6 Å². The number of carboxylic acids is 1. The van der Waals surface area contributed by atoms with Crippen molar-refractivity contribution in [2.24, 2.45) is 0 Å². The Balaban J connectivity index is 1.95. The quantitative estimate of drug-likeness (QED) is 0.904. The van der Waals surface area contributed by atoms with E-state index in [-0.39, 0.29) is 24.9 Å². The van der Waals surface area contributed by atoms with E-state index in [1.54, 1.807) is 4.90 Å². The summed E-state index contributed by atoms with van der Waals surface area (Å²) in [5.41, 5.74) is -0.528. The van der Waals surface area contributed by atoms with Gasteiger partial charge in [0.25, 0.3) is 0 Å². The molecule has 0 spiro atoms. The van der Waals surface area contributed by atoms with Gasteiger partial charge in [-0.25, -0.2) is 4.79 Å². The molecule has 1 atom stereocenters. The van der Waals surface area contributed by atoms with Gasteiger partial charge >= 0.3 is 12.1 Å². The van der Waals surface area contributed by atoms with Gasteiger partial charge in [-0.1, -0.05) is 5.16 Å². The number of aliphatic carboxylic acids is 1. The standard InChI is InChI=1S/C15H23N3O5/c1-15(2,3)22-14(21)18-8-4-5-10(9-18)13-16-11(23-17-13)6-7-12(19)20/h10H,4-9H2,1-3H3,(H,19,20). The van der Waals surface area contributed by atoms with Crippen LogP contribution in [0.2, 0.25) is 0 Å². The van der Waals surface area contributed by atoms with Gasteiger partial charge in [-0.3, -0.25) is 4.79 Å². The summed E-state index contributed by atoms with van der Waals surface area (Å²) >= 11 is 0. The fourth-order valence-electron chi connectivity index (χ4n) is 2.43. The molecule has 0 aromatic carbocycles. The number of carboxylic acid groups (broad SMARTS) is 1. The van der Waals surface area contributed by atoms with Crippen molar-refractivity contribution in [3.63, 3.8) is 0 Å². The summed E-state index contributed by atoms with van der Waals surface area (Å²) in [5.74, 6) is -0.0763. The van der Waals surface area contributed by atoms with E-state index in [1.807, 2.05) is 20.8 Å². The van der Waals surface area contributed by atoms with E-state index in [0.29, 0.717) is 24.8 Å². The molecule has 8 nitrogen and oxygen atoms in total. The topological polar surface area (TPSA) is 106 Å². The Bertz CT molecular complexity index is 564. The van der Waals surface area contributed by atoms with Crippen molar-refractivity contribution < 1.29 is 24.0 Å². The van der Waals surface area contributed by atoms with Crippen LogP contribution in [-0.2, 0) is 16.0 Å². The Labute approximate surface area is 134 Å². The molecule has 1 saturated heterocycles. The highest BCUT2D eigenvalue weighted by Crippen LogP contribution is 2.26. The van der Waals surface area contributed by atoms with Gasteiger partial charge in [-0.15, -0.1) is 0 Å². The number of amides is 1. The lowest BCUT2D eigenvalue weighted by atomic mass is 9.98. The van der Waals surface area contributed by atoms with Gasteiger partial charge in [-0.2, -0.15) is 4.98 Å². The van der Waals surface area contributed by atoms with Gasteiger partial charge in [0.05, 0.1) is 6.42 Å². The highest BCUT2D eigenvalue weighted by atomic mass is 16.6. The third-order valence-electron chi connectivity index (χ3n) is 3.47. The van der Waals surface area contributed by atoms with E-state index in [2.05, 4.69) is 10.1 Å². The number of rotatable bonds is 4. The van der Waals surface area contributed by atoms with Crippen LogP contribution in [0.1, 0.15) is 57.7 Å². The second kappa shape index (κ2) is 6.97. The zero-order chi connectivity index (χ0) is 17.0. The van der Waals surface area contributed by atoms with Crippen LogP contribution in [0.4, 0.5) is 4.79 Å². The number of piperidine rings is 1. The van der Waals surface area contributed by atoms with Crippen LogP contribution in [0.5, 0.6) is 0 Å². The largest absolute Gasteiger partial charge is 0.481 e. The van der Waals surface area contributed by atoms with Crippen molar-refractivity contribution in [2.75, 3.05) is 13.1 Å². The first-order valence-electron chi connectivity index (χ1n) is 7.77. The van der Waals surface area contributed by atoms with E-state index in [1.165, 1.54) is 0 Å². The maximum atomic E-state index is 12.1. The van der Waals surface area contributed by atoms with Crippen LogP contribution in [0.25, 0.3) is 0 Å². The molecule has 1 N–H and O–H groups in total. The second-order valence-corrected chi connectivity index (χ2v) is 6.71. The van der Waals surface area contributed by atoms with E-state index in [4.69, 9.17) is 14.4 Å². The molecule has 1 fully saturated rings. The zero-order valence-corrected chi connectivity index (χ0v) is 13.7. The van der Waals surface area contributed by atoms with Crippen LogP contribution < -0.4 is 0 Å². The predicted molar refractivity (Wildman–Crippen MR) is 80.0 cm³/mol. The maximum absolute atomic E-state index is 12.1. The molecular formula is C15H23N3O5. The molecule has 1 amide bonds. The van der Waals surface area contributed by atoms with Gasteiger partial charge in [0, 0.05) is 25.4 Å². The molecule has 1 unspecified atom stereocenters. The molecule has 0 aliphatic carbocycles. The molecule has 1 aromatic rings. The van der Waals surface area contributed by atoms with Gasteiger partial charge in [0.1, 0.15) is 5.60 Å². The molecule has 0 saturated carbocycles. The van der Waals surface area contributed by atoms with Gasteiger partial charge in [0.2, 0.25) is 5.89 Å². The van der Waals surface area contributed by atoms with Crippen LogP contribution >= 0.6 is 0 Å². The molecule has 8 heteroatoms. The Kier molecular flexibility index (Phi) is 5.23. The molecule has 1 aromatic heterocycles. The Morgan fingerprint density at radius 3 is 2.83 bits per heavy atom. The Morgan fingerprint density at radius 2 is 2.17 bits per heavy atom. The summed E-state index contributed by atoms with van der Waals surface area (Å²) in [6.45, 7) is 6.63. The van der Waals surface area contributed by atoms with Crippen molar-refractivity contribution >= 4 is 12.1 Å². The summed E-state index contributed by atoms with van der Waals surface area (Å²) in [5, 5.41) is 12.6. The summed E-state index contributed by atoms with van der Waals surface area (Å²) < 4.78 is 10.5.